The van der Waals surface area contributed by atoms with Gasteiger partial charge in [0.15, 0.2) is 0 Å². The molecule has 3 rings (SSSR count). The van der Waals surface area contributed by atoms with Gasteiger partial charge in [-0.2, -0.15) is 0 Å². The standard InChI is InChI=1S/C16H13N3O2/c1-21-16(20)12-6-7-17-15(9-12)19-13-8-11-4-2-3-5-14(11)18-10-13/h2-10H,1H3,(H,17,19). The van der Waals surface area contributed by atoms with Crippen LogP contribution in [0.15, 0.2) is 54.9 Å². The number of benzene rings is 1. The summed E-state index contributed by atoms with van der Waals surface area (Å²) < 4.78 is 4.69. The van der Waals surface area contributed by atoms with Crippen molar-refractivity contribution in [2.24, 2.45) is 0 Å². The van der Waals surface area contributed by atoms with Gasteiger partial charge in [0.2, 0.25) is 0 Å². The molecular formula is C16H13N3O2. The first kappa shape index (κ1) is 13.1. The normalized spacial score (nSPS) is 10.3. The Balaban J connectivity index is 1.89. The molecule has 1 N–H and O–H groups in total. The van der Waals surface area contributed by atoms with Crippen molar-refractivity contribution >= 4 is 28.4 Å². The van der Waals surface area contributed by atoms with E-state index in [4.69, 9.17) is 4.74 Å². The number of hydrogen-bond acceptors (Lipinski definition) is 5. The summed E-state index contributed by atoms with van der Waals surface area (Å²) in [7, 11) is 1.35. The fourth-order valence-corrected chi connectivity index (χ4v) is 2.03. The van der Waals surface area contributed by atoms with Crippen molar-refractivity contribution in [1.82, 2.24) is 9.97 Å². The molecule has 2 heterocycles. The van der Waals surface area contributed by atoms with Crippen LogP contribution >= 0.6 is 0 Å². The predicted octanol–water partition coefficient (Wildman–Crippen LogP) is 3.16. The van der Waals surface area contributed by atoms with Crippen molar-refractivity contribution < 1.29 is 9.53 Å². The molecule has 5 nitrogen and oxygen atoms in total. The van der Waals surface area contributed by atoms with Crippen molar-refractivity contribution in [2.45, 2.75) is 0 Å². The van der Waals surface area contributed by atoms with E-state index in [1.807, 2.05) is 30.3 Å². The molecule has 0 unspecified atom stereocenters. The molecule has 5 heteroatoms. The van der Waals surface area contributed by atoms with Gasteiger partial charge < -0.3 is 10.1 Å². The zero-order chi connectivity index (χ0) is 14.7. The summed E-state index contributed by atoms with van der Waals surface area (Å²) in [5, 5.41) is 4.17. The molecule has 0 aliphatic heterocycles. The minimum atomic E-state index is -0.392. The van der Waals surface area contributed by atoms with Crippen LogP contribution in [0.1, 0.15) is 10.4 Å². The van der Waals surface area contributed by atoms with Crippen LogP contribution in [0.5, 0.6) is 0 Å². The average molecular weight is 279 g/mol. The van der Waals surface area contributed by atoms with Gasteiger partial charge in [-0.15, -0.1) is 0 Å². The average Bonchev–Trinajstić information content (AvgIpc) is 2.54. The summed E-state index contributed by atoms with van der Waals surface area (Å²) >= 11 is 0. The number of carbonyl (C=O) groups excluding carboxylic acids is 1. The van der Waals surface area contributed by atoms with Crippen molar-refractivity contribution in [1.29, 1.82) is 0 Å². The zero-order valence-electron chi connectivity index (χ0n) is 11.4. The van der Waals surface area contributed by atoms with E-state index in [0.29, 0.717) is 11.4 Å². The number of methoxy groups -OCH3 is 1. The topological polar surface area (TPSA) is 64.1 Å². The number of carbonyl (C=O) groups is 1. The number of hydrogen-bond donors (Lipinski definition) is 1. The van der Waals surface area contributed by atoms with Crippen molar-refractivity contribution in [3.05, 3.63) is 60.4 Å². The minimum absolute atomic E-state index is 0.392. The maximum absolute atomic E-state index is 11.5. The second kappa shape index (κ2) is 5.58. The van der Waals surface area contributed by atoms with Crippen LogP contribution in [0.3, 0.4) is 0 Å². The second-order valence-corrected chi connectivity index (χ2v) is 4.46. The van der Waals surface area contributed by atoms with Gasteiger partial charge >= 0.3 is 5.97 Å². The van der Waals surface area contributed by atoms with Gasteiger partial charge in [0, 0.05) is 11.6 Å². The number of nitrogens with one attached hydrogen (secondary N) is 1. The smallest absolute Gasteiger partial charge is 0.338 e. The van der Waals surface area contributed by atoms with Crippen LogP contribution < -0.4 is 5.32 Å². The van der Waals surface area contributed by atoms with Crippen LogP contribution in [0.4, 0.5) is 11.5 Å². The predicted molar refractivity (Wildman–Crippen MR) is 80.6 cm³/mol. The van der Waals surface area contributed by atoms with Gasteiger partial charge in [-0.25, -0.2) is 9.78 Å². The number of para-hydroxylation sites is 1. The van der Waals surface area contributed by atoms with E-state index in [1.54, 1.807) is 24.5 Å². The first-order chi connectivity index (χ1) is 10.3. The van der Waals surface area contributed by atoms with E-state index in [0.717, 1.165) is 16.6 Å². The molecule has 0 amide bonds. The summed E-state index contributed by atoms with van der Waals surface area (Å²) in [6, 6.07) is 13.1. The molecule has 21 heavy (non-hydrogen) atoms. The SMILES string of the molecule is COC(=O)c1ccnc(Nc2cnc3ccccc3c2)c1. The van der Waals surface area contributed by atoms with Gasteiger partial charge in [0.05, 0.1) is 30.1 Å². The molecule has 104 valence electrons. The Bertz CT molecular complexity index is 802. The summed E-state index contributed by atoms with van der Waals surface area (Å²) in [5.74, 6) is 0.173. The van der Waals surface area contributed by atoms with Crippen LogP contribution in [0.25, 0.3) is 10.9 Å². The Morgan fingerprint density at radius 1 is 1.14 bits per heavy atom. The molecule has 0 aliphatic rings. The Kier molecular flexibility index (Phi) is 3.47. The van der Waals surface area contributed by atoms with Crippen molar-refractivity contribution in [3.8, 4) is 0 Å². The van der Waals surface area contributed by atoms with E-state index < -0.39 is 5.97 Å². The van der Waals surface area contributed by atoms with Crippen LogP contribution in [0, 0.1) is 0 Å². The summed E-state index contributed by atoms with van der Waals surface area (Å²) in [6.07, 6.45) is 3.29. The summed E-state index contributed by atoms with van der Waals surface area (Å²) in [4.78, 5) is 20.1. The number of esters is 1. The first-order valence-electron chi connectivity index (χ1n) is 6.42. The van der Waals surface area contributed by atoms with E-state index >= 15 is 0 Å². The Morgan fingerprint density at radius 3 is 2.86 bits per heavy atom. The van der Waals surface area contributed by atoms with Crippen LogP contribution in [-0.2, 0) is 4.74 Å². The molecular weight excluding hydrogens is 266 g/mol. The quantitative estimate of drug-likeness (QED) is 0.746. The lowest BCUT2D eigenvalue weighted by atomic mass is 10.2. The molecule has 0 aliphatic carbocycles. The zero-order valence-corrected chi connectivity index (χ0v) is 11.4. The van der Waals surface area contributed by atoms with Crippen molar-refractivity contribution in [3.63, 3.8) is 0 Å². The summed E-state index contributed by atoms with van der Waals surface area (Å²) in [5.41, 5.74) is 2.19. The highest BCUT2D eigenvalue weighted by atomic mass is 16.5. The van der Waals surface area contributed by atoms with Gasteiger partial charge in [-0.3, -0.25) is 4.98 Å². The van der Waals surface area contributed by atoms with E-state index in [-0.39, 0.29) is 0 Å². The van der Waals surface area contributed by atoms with Gasteiger partial charge in [0.1, 0.15) is 5.82 Å². The molecule has 3 aromatic rings. The second-order valence-electron chi connectivity index (χ2n) is 4.46. The number of ether oxygens (including phenoxy) is 1. The lowest BCUT2D eigenvalue weighted by molar-refractivity contribution is 0.0600. The molecule has 0 saturated heterocycles. The van der Waals surface area contributed by atoms with Gasteiger partial charge in [-0.1, -0.05) is 18.2 Å². The third-order valence-corrected chi connectivity index (χ3v) is 3.04. The molecule has 0 radical (unpaired) electrons. The highest BCUT2D eigenvalue weighted by Gasteiger charge is 2.07. The number of rotatable bonds is 3. The minimum Gasteiger partial charge on any atom is -0.465 e. The highest BCUT2D eigenvalue weighted by molar-refractivity contribution is 5.90. The van der Waals surface area contributed by atoms with Crippen LogP contribution in [0.2, 0.25) is 0 Å². The molecule has 0 spiro atoms. The highest BCUT2D eigenvalue weighted by Crippen LogP contribution is 2.19. The fraction of sp³-hybridized carbons (Fsp3) is 0.0625. The fourth-order valence-electron chi connectivity index (χ4n) is 2.03. The van der Waals surface area contributed by atoms with Gasteiger partial charge in [0.25, 0.3) is 0 Å². The maximum atomic E-state index is 11.5. The molecule has 1 aromatic carbocycles. The molecule has 0 atom stereocenters. The first-order valence-corrected chi connectivity index (χ1v) is 6.42. The van der Waals surface area contributed by atoms with Crippen molar-refractivity contribution in [2.75, 3.05) is 12.4 Å². The van der Waals surface area contributed by atoms with E-state index in [2.05, 4.69) is 15.3 Å². The Labute approximate surface area is 121 Å². The largest absolute Gasteiger partial charge is 0.465 e. The van der Waals surface area contributed by atoms with Crippen LogP contribution in [-0.4, -0.2) is 23.0 Å². The Hall–Kier alpha value is -2.95. The van der Waals surface area contributed by atoms with E-state index in [1.165, 1.54) is 7.11 Å². The monoisotopic (exact) mass is 279 g/mol. The number of pyridine rings is 2. The third kappa shape index (κ3) is 2.81. The summed E-state index contributed by atoms with van der Waals surface area (Å²) in [6.45, 7) is 0. The van der Waals surface area contributed by atoms with E-state index in [9.17, 15) is 4.79 Å². The molecule has 0 fully saturated rings. The number of fused-ring (bicyclic) bond motifs is 1. The Morgan fingerprint density at radius 2 is 2.00 bits per heavy atom. The number of nitrogens with zero attached hydrogens (tertiary/aromatic N) is 2. The number of anilines is 2. The third-order valence-electron chi connectivity index (χ3n) is 3.04. The molecule has 2 aromatic heterocycles. The lowest BCUT2D eigenvalue weighted by Crippen LogP contribution is -2.03. The maximum Gasteiger partial charge on any atom is 0.338 e. The van der Waals surface area contributed by atoms with Gasteiger partial charge in [-0.05, 0) is 24.3 Å². The molecule has 0 bridgehead atoms. The molecule has 0 saturated carbocycles. The lowest BCUT2D eigenvalue weighted by Gasteiger charge is -2.07. The number of aromatic nitrogens is 2.